The molecule has 2 heterocycles. The van der Waals surface area contributed by atoms with Crippen molar-refractivity contribution in [1.29, 1.82) is 0 Å². The number of rotatable bonds is 3. The van der Waals surface area contributed by atoms with Gasteiger partial charge < -0.3 is 11.5 Å². The van der Waals surface area contributed by atoms with Gasteiger partial charge in [-0.3, -0.25) is 4.98 Å². The molecule has 2 aromatic rings. The van der Waals surface area contributed by atoms with Crippen molar-refractivity contribution in [2.75, 3.05) is 5.73 Å². The fourth-order valence-corrected chi connectivity index (χ4v) is 1.03. The number of nitrogen functional groups attached to an aromatic ring is 1. The SMILES string of the molecule is N/C(=N\N=C\c1cccnc1)c1nonc1N. The zero-order valence-corrected chi connectivity index (χ0v) is 8.69. The Hall–Kier alpha value is -2.77. The minimum absolute atomic E-state index is 0.0314. The normalized spacial score (nSPS) is 12.1. The molecule has 0 aliphatic heterocycles. The van der Waals surface area contributed by atoms with E-state index in [1.54, 1.807) is 18.5 Å². The van der Waals surface area contributed by atoms with Crippen molar-refractivity contribution in [3.63, 3.8) is 0 Å². The van der Waals surface area contributed by atoms with Gasteiger partial charge in [-0.15, -0.1) is 5.10 Å². The molecule has 2 aromatic heterocycles. The summed E-state index contributed by atoms with van der Waals surface area (Å²) in [6.45, 7) is 0. The lowest BCUT2D eigenvalue weighted by Gasteiger charge is -1.91. The van der Waals surface area contributed by atoms with Crippen LogP contribution in [0.3, 0.4) is 0 Å². The van der Waals surface area contributed by atoms with Gasteiger partial charge in [-0.2, -0.15) is 5.10 Å². The second-order valence-corrected chi connectivity index (χ2v) is 3.01. The van der Waals surface area contributed by atoms with Gasteiger partial charge in [-0.05, 0) is 16.4 Å². The number of nitrogens with two attached hydrogens (primary N) is 2. The summed E-state index contributed by atoms with van der Waals surface area (Å²) in [5.41, 5.74) is 12.0. The summed E-state index contributed by atoms with van der Waals surface area (Å²) in [7, 11) is 0. The molecule has 0 saturated heterocycles. The Labute approximate surface area is 96.0 Å². The summed E-state index contributed by atoms with van der Waals surface area (Å²) in [5, 5.41) is 14.3. The number of pyridine rings is 1. The molecule has 0 aliphatic carbocycles. The lowest BCUT2D eigenvalue weighted by molar-refractivity contribution is 0.308. The summed E-state index contributed by atoms with van der Waals surface area (Å²) in [6, 6.07) is 3.61. The van der Waals surface area contributed by atoms with Crippen LogP contribution in [0.15, 0.2) is 39.4 Å². The van der Waals surface area contributed by atoms with E-state index in [0.717, 1.165) is 5.56 Å². The maximum atomic E-state index is 5.58. The number of amidine groups is 1. The van der Waals surface area contributed by atoms with Crippen LogP contribution < -0.4 is 11.5 Å². The molecule has 0 unspecified atom stereocenters. The number of nitrogens with zero attached hydrogens (tertiary/aromatic N) is 5. The molecule has 8 heteroatoms. The van der Waals surface area contributed by atoms with Crippen LogP contribution in [-0.4, -0.2) is 27.3 Å². The van der Waals surface area contributed by atoms with Crippen molar-refractivity contribution >= 4 is 17.9 Å². The number of hydrogen-bond acceptors (Lipinski definition) is 7. The van der Waals surface area contributed by atoms with E-state index in [1.165, 1.54) is 6.21 Å². The molecule has 8 nitrogen and oxygen atoms in total. The van der Waals surface area contributed by atoms with E-state index in [1.807, 2.05) is 6.07 Å². The Balaban J connectivity index is 2.11. The minimum atomic E-state index is 0.0314. The smallest absolute Gasteiger partial charge is 0.199 e. The molecule has 4 N–H and O–H groups in total. The molecule has 0 aromatic carbocycles. The minimum Gasteiger partial charge on any atom is -0.380 e. The molecule has 0 bridgehead atoms. The fraction of sp³-hybridized carbons (Fsp3) is 0. The Morgan fingerprint density at radius 2 is 2.29 bits per heavy atom. The summed E-state index contributed by atoms with van der Waals surface area (Å²) in [4.78, 5) is 3.92. The van der Waals surface area contributed by atoms with Crippen molar-refractivity contribution in [3.05, 3.63) is 35.8 Å². The van der Waals surface area contributed by atoms with Crippen LogP contribution in [0.25, 0.3) is 0 Å². The van der Waals surface area contributed by atoms with Crippen LogP contribution >= 0.6 is 0 Å². The van der Waals surface area contributed by atoms with Gasteiger partial charge in [0, 0.05) is 18.0 Å². The molecular formula is C9H9N7O. The van der Waals surface area contributed by atoms with Crippen LogP contribution in [0.2, 0.25) is 0 Å². The molecule has 0 spiro atoms. The molecular weight excluding hydrogens is 222 g/mol. The van der Waals surface area contributed by atoms with Gasteiger partial charge in [-0.1, -0.05) is 6.07 Å². The number of hydrogen-bond donors (Lipinski definition) is 2. The van der Waals surface area contributed by atoms with E-state index in [0.29, 0.717) is 0 Å². The largest absolute Gasteiger partial charge is 0.380 e. The second-order valence-electron chi connectivity index (χ2n) is 3.01. The van der Waals surface area contributed by atoms with Crippen LogP contribution in [0.4, 0.5) is 5.82 Å². The molecule has 2 rings (SSSR count). The average Bonchev–Trinajstić information content (AvgIpc) is 2.77. The van der Waals surface area contributed by atoms with E-state index in [2.05, 4.69) is 30.1 Å². The summed E-state index contributed by atoms with van der Waals surface area (Å²) < 4.78 is 4.38. The van der Waals surface area contributed by atoms with Gasteiger partial charge in [0.25, 0.3) is 0 Å². The summed E-state index contributed by atoms with van der Waals surface area (Å²) in [5.74, 6) is 0.103. The van der Waals surface area contributed by atoms with Crippen molar-refractivity contribution in [1.82, 2.24) is 15.3 Å². The fourth-order valence-electron chi connectivity index (χ4n) is 1.03. The first-order chi connectivity index (χ1) is 8.27. The first-order valence-electron chi connectivity index (χ1n) is 4.62. The predicted molar refractivity (Wildman–Crippen MR) is 61.3 cm³/mol. The first-order valence-corrected chi connectivity index (χ1v) is 4.62. The van der Waals surface area contributed by atoms with E-state index < -0.39 is 0 Å². The van der Waals surface area contributed by atoms with E-state index in [4.69, 9.17) is 11.5 Å². The standard InChI is InChI=1S/C9H9N7O/c10-8(7-9(11)16-17-15-7)14-13-5-6-2-1-3-12-4-6/h1-5H,(H2,10,14)(H2,11,16)/b13-5+. The molecule has 0 aliphatic rings. The number of anilines is 1. The molecule has 0 radical (unpaired) electrons. The van der Waals surface area contributed by atoms with Crippen molar-refractivity contribution in [3.8, 4) is 0 Å². The molecule has 0 saturated carbocycles. The third kappa shape index (κ3) is 2.62. The predicted octanol–water partition coefficient (Wildman–Crippen LogP) is -0.214. The molecule has 0 amide bonds. The molecule has 0 atom stereocenters. The highest BCUT2D eigenvalue weighted by atomic mass is 16.6. The topological polar surface area (TPSA) is 129 Å². The highest BCUT2D eigenvalue weighted by Gasteiger charge is 2.09. The summed E-state index contributed by atoms with van der Waals surface area (Å²) >= 11 is 0. The summed E-state index contributed by atoms with van der Waals surface area (Å²) in [6.07, 6.45) is 4.81. The maximum absolute atomic E-state index is 5.58. The average molecular weight is 231 g/mol. The quantitative estimate of drug-likeness (QED) is 0.427. The van der Waals surface area contributed by atoms with Crippen LogP contribution in [0.5, 0.6) is 0 Å². The maximum Gasteiger partial charge on any atom is 0.199 e. The van der Waals surface area contributed by atoms with Crippen LogP contribution in [0, 0.1) is 0 Å². The van der Waals surface area contributed by atoms with Gasteiger partial charge in [0.1, 0.15) is 0 Å². The van der Waals surface area contributed by atoms with Crippen molar-refractivity contribution in [2.45, 2.75) is 0 Å². The number of aromatic nitrogens is 3. The monoisotopic (exact) mass is 231 g/mol. The van der Waals surface area contributed by atoms with E-state index in [-0.39, 0.29) is 17.3 Å². The highest BCUT2D eigenvalue weighted by molar-refractivity contribution is 5.99. The second kappa shape index (κ2) is 4.84. The van der Waals surface area contributed by atoms with Gasteiger partial charge in [0.2, 0.25) is 0 Å². The van der Waals surface area contributed by atoms with Gasteiger partial charge >= 0.3 is 0 Å². The van der Waals surface area contributed by atoms with Gasteiger partial charge in [0.05, 0.1) is 6.21 Å². The Morgan fingerprint density at radius 1 is 1.41 bits per heavy atom. The lowest BCUT2D eigenvalue weighted by atomic mass is 10.3. The van der Waals surface area contributed by atoms with E-state index >= 15 is 0 Å². The molecule has 86 valence electrons. The third-order valence-electron chi connectivity index (χ3n) is 1.81. The van der Waals surface area contributed by atoms with Crippen molar-refractivity contribution < 1.29 is 4.63 Å². The highest BCUT2D eigenvalue weighted by Crippen LogP contribution is 2.03. The van der Waals surface area contributed by atoms with Crippen LogP contribution in [-0.2, 0) is 0 Å². The zero-order valence-electron chi connectivity index (χ0n) is 8.69. The van der Waals surface area contributed by atoms with Crippen LogP contribution in [0.1, 0.15) is 11.3 Å². The Kier molecular flexibility index (Phi) is 3.05. The lowest BCUT2D eigenvalue weighted by Crippen LogP contribution is -2.15. The molecule has 0 fully saturated rings. The Morgan fingerprint density at radius 3 is 2.94 bits per heavy atom. The Bertz CT molecular complexity index is 545. The van der Waals surface area contributed by atoms with E-state index in [9.17, 15) is 0 Å². The van der Waals surface area contributed by atoms with Crippen molar-refractivity contribution in [2.24, 2.45) is 15.9 Å². The zero-order chi connectivity index (χ0) is 12.1. The third-order valence-corrected chi connectivity index (χ3v) is 1.81. The first kappa shape index (κ1) is 10.7. The van der Waals surface area contributed by atoms with Gasteiger partial charge in [0.15, 0.2) is 17.3 Å². The van der Waals surface area contributed by atoms with Gasteiger partial charge in [-0.25, -0.2) is 4.63 Å². The molecule has 17 heavy (non-hydrogen) atoms.